The largest absolute Gasteiger partial charge is 0.480 e. The molecular formula is C21H21NO4. The van der Waals surface area contributed by atoms with Crippen LogP contribution in [-0.2, 0) is 14.3 Å². The van der Waals surface area contributed by atoms with Crippen LogP contribution in [0.3, 0.4) is 0 Å². The fourth-order valence-corrected chi connectivity index (χ4v) is 4.12. The molecule has 0 radical (unpaired) electrons. The van der Waals surface area contributed by atoms with E-state index in [1.807, 2.05) is 24.3 Å². The molecule has 1 fully saturated rings. The van der Waals surface area contributed by atoms with Crippen LogP contribution in [-0.4, -0.2) is 47.7 Å². The van der Waals surface area contributed by atoms with Crippen LogP contribution >= 0.6 is 0 Å². The predicted octanol–water partition coefficient (Wildman–Crippen LogP) is 2.89. The third-order valence-electron chi connectivity index (χ3n) is 5.35. The number of fused-ring (bicyclic) bond motifs is 3. The van der Waals surface area contributed by atoms with Gasteiger partial charge in [-0.1, -0.05) is 48.5 Å². The van der Waals surface area contributed by atoms with Crippen molar-refractivity contribution in [3.8, 4) is 11.1 Å². The van der Waals surface area contributed by atoms with Crippen LogP contribution in [0.5, 0.6) is 0 Å². The van der Waals surface area contributed by atoms with Gasteiger partial charge in [-0.25, -0.2) is 0 Å². The molecule has 1 aliphatic heterocycles. The fourth-order valence-electron chi connectivity index (χ4n) is 4.12. The molecule has 1 aliphatic carbocycles. The molecule has 2 aromatic rings. The van der Waals surface area contributed by atoms with Gasteiger partial charge in [-0.15, -0.1) is 0 Å². The number of hydrogen-bond acceptors (Lipinski definition) is 4. The van der Waals surface area contributed by atoms with E-state index in [0.29, 0.717) is 13.0 Å². The molecule has 0 aromatic heterocycles. The summed E-state index contributed by atoms with van der Waals surface area (Å²) in [5.74, 6) is -1.20. The van der Waals surface area contributed by atoms with Crippen LogP contribution in [0.1, 0.15) is 29.9 Å². The summed E-state index contributed by atoms with van der Waals surface area (Å²) in [4.78, 5) is 25.2. The average molecular weight is 351 g/mol. The lowest BCUT2D eigenvalue weighted by Crippen LogP contribution is -2.40. The molecule has 0 unspecified atom stereocenters. The Morgan fingerprint density at radius 1 is 1.04 bits per heavy atom. The highest BCUT2D eigenvalue weighted by atomic mass is 16.5. The summed E-state index contributed by atoms with van der Waals surface area (Å²) in [6.45, 7) is 0.937. The molecule has 26 heavy (non-hydrogen) atoms. The van der Waals surface area contributed by atoms with Gasteiger partial charge in [0.15, 0.2) is 0 Å². The molecule has 1 heterocycles. The Hall–Kier alpha value is -2.66. The average Bonchev–Trinajstić information content (AvgIpc) is 3.23. The first kappa shape index (κ1) is 16.8. The zero-order valence-corrected chi connectivity index (χ0v) is 14.4. The maximum absolute atomic E-state index is 12.3. The molecule has 4 rings (SSSR count). The van der Waals surface area contributed by atoms with Gasteiger partial charge in [-0.2, -0.15) is 0 Å². The van der Waals surface area contributed by atoms with Crippen LogP contribution in [0.4, 0.5) is 0 Å². The molecule has 5 nitrogen and oxygen atoms in total. The van der Waals surface area contributed by atoms with Gasteiger partial charge < -0.3 is 9.84 Å². The van der Waals surface area contributed by atoms with Crippen LogP contribution in [0.15, 0.2) is 48.5 Å². The maximum Gasteiger partial charge on any atom is 0.320 e. The topological polar surface area (TPSA) is 66.8 Å². The van der Waals surface area contributed by atoms with Crippen molar-refractivity contribution in [1.82, 2.24) is 4.90 Å². The molecule has 1 saturated heterocycles. The summed E-state index contributed by atoms with van der Waals surface area (Å²) < 4.78 is 5.56. The number of carbonyl (C=O) groups is 2. The second-order valence-corrected chi connectivity index (χ2v) is 6.88. The minimum atomic E-state index is -0.867. The highest BCUT2D eigenvalue weighted by Crippen LogP contribution is 2.44. The number of hydrogen-bond donors (Lipinski definition) is 1. The van der Waals surface area contributed by atoms with Crippen LogP contribution in [0.2, 0.25) is 0 Å². The monoisotopic (exact) mass is 351 g/mol. The minimum Gasteiger partial charge on any atom is -0.480 e. The lowest BCUT2D eigenvalue weighted by Gasteiger charge is -2.20. The number of likely N-dealkylation sites (tertiary alicyclic amines) is 1. The molecule has 2 aromatic carbocycles. The van der Waals surface area contributed by atoms with Crippen LogP contribution < -0.4 is 0 Å². The Bertz CT molecular complexity index is 802. The van der Waals surface area contributed by atoms with Crippen LogP contribution in [0, 0.1) is 0 Å². The Morgan fingerprint density at radius 3 is 2.27 bits per heavy atom. The Balaban J connectivity index is 1.45. The van der Waals surface area contributed by atoms with E-state index in [-0.39, 0.29) is 25.0 Å². The number of nitrogens with zero attached hydrogens (tertiary/aromatic N) is 1. The second-order valence-electron chi connectivity index (χ2n) is 6.88. The highest BCUT2D eigenvalue weighted by Gasteiger charge is 2.33. The van der Waals surface area contributed by atoms with Crippen molar-refractivity contribution in [2.75, 3.05) is 19.7 Å². The molecule has 0 amide bonds. The van der Waals surface area contributed by atoms with E-state index in [2.05, 4.69) is 24.3 Å². The number of esters is 1. The summed E-state index contributed by atoms with van der Waals surface area (Å²) in [5, 5.41) is 9.22. The lowest BCUT2D eigenvalue weighted by molar-refractivity contribution is -0.148. The maximum atomic E-state index is 12.3. The van der Waals surface area contributed by atoms with Crippen molar-refractivity contribution in [2.45, 2.75) is 24.8 Å². The van der Waals surface area contributed by atoms with Crippen LogP contribution in [0.25, 0.3) is 11.1 Å². The zero-order chi connectivity index (χ0) is 18.1. The predicted molar refractivity (Wildman–Crippen MR) is 96.9 cm³/mol. The van der Waals surface area contributed by atoms with E-state index in [1.54, 1.807) is 4.90 Å². The zero-order valence-electron chi connectivity index (χ0n) is 14.4. The smallest absolute Gasteiger partial charge is 0.320 e. The first-order valence-electron chi connectivity index (χ1n) is 8.96. The first-order valence-corrected chi connectivity index (χ1v) is 8.96. The summed E-state index contributed by atoms with van der Waals surface area (Å²) in [5.41, 5.74) is 4.72. The SMILES string of the molecule is O=C(CN1CCC[C@@H]1C(=O)O)OCC1c2ccccc2-c2ccccc21. The number of rotatable bonds is 5. The number of benzene rings is 2. The molecule has 0 saturated carbocycles. The summed E-state index contributed by atoms with van der Waals surface area (Å²) in [6.07, 6.45) is 1.39. The molecule has 1 atom stereocenters. The van der Waals surface area contributed by atoms with Gasteiger partial charge >= 0.3 is 11.9 Å². The van der Waals surface area contributed by atoms with Gasteiger partial charge in [-0.05, 0) is 41.6 Å². The Labute approximate surface area is 152 Å². The van der Waals surface area contributed by atoms with E-state index < -0.39 is 12.0 Å². The second kappa shape index (κ2) is 6.92. The van der Waals surface area contributed by atoms with E-state index in [9.17, 15) is 14.7 Å². The standard InChI is InChI=1S/C21H21NO4/c23-20(12-22-11-5-10-19(22)21(24)25)26-13-18-16-8-3-1-6-14(16)15-7-2-4-9-17(15)18/h1-4,6-9,18-19H,5,10-13H2,(H,24,25)/t19-/m1/s1. The molecule has 5 heteroatoms. The Morgan fingerprint density at radius 2 is 1.65 bits per heavy atom. The van der Waals surface area contributed by atoms with Crippen molar-refractivity contribution < 1.29 is 19.4 Å². The van der Waals surface area contributed by atoms with Gasteiger partial charge in [0.05, 0.1) is 6.54 Å². The molecule has 0 bridgehead atoms. The summed E-state index contributed by atoms with van der Waals surface area (Å²) >= 11 is 0. The van der Waals surface area contributed by atoms with Gasteiger partial charge in [0.25, 0.3) is 0 Å². The minimum absolute atomic E-state index is 0.0280. The lowest BCUT2D eigenvalue weighted by atomic mass is 9.98. The molecule has 134 valence electrons. The third kappa shape index (κ3) is 2.99. The van der Waals surface area contributed by atoms with E-state index in [0.717, 1.165) is 6.42 Å². The first-order chi connectivity index (χ1) is 12.6. The fraction of sp³-hybridized carbons (Fsp3) is 0.333. The number of carboxylic acids is 1. The molecule has 0 spiro atoms. The van der Waals surface area contributed by atoms with Crippen molar-refractivity contribution in [3.05, 3.63) is 59.7 Å². The van der Waals surface area contributed by atoms with Crippen molar-refractivity contribution in [2.24, 2.45) is 0 Å². The van der Waals surface area contributed by atoms with Crippen molar-refractivity contribution in [3.63, 3.8) is 0 Å². The third-order valence-corrected chi connectivity index (χ3v) is 5.35. The molecule has 1 N–H and O–H groups in total. The van der Waals surface area contributed by atoms with Gasteiger partial charge in [0, 0.05) is 5.92 Å². The highest BCUT2D eigenvalue weighted by molar-refractivity contribution is 5.79. The number of carbonyl (C=O) groups excluding carboxylic acids is 1. The number of carboxylic acid groups (broad SMARTS) is 1. The van der Waals surface area contributed by atoms with Gasteiger partial charge in [0.1, 0.15) is 12.6 Å². The summed E-state index contributed by atoms with van der Waals surface area (Å²) in [6, 6.07) is 15.8. The summed E-state index contributed by atoms with van der Waals surface area (Å²) in [7, 11) is 0. The number of ether oxygens (including phenoxy) is 1. The van der Waals surface area contributed by atoms with E-state index >= 15 is 0 Å². The van der Waals surface area contributed by atoms with Crippen molar-refractivity contribution in [1.29, 1.82) is 0 Å². The normalized spacial score (nSPS) is 19.2. The van der Waals surface area contributed by atoms with E-state index in [4.69, 9.17) is 4.74 Å². The Kier molecular flexibility index (Phi) is 4.47. The molecular weight excluding hydrogens is 330 g/mol. The van der Waals surface area contributed by atoms with Crippen molar-refractivity contribution >= 4 is 11.9 Å². The van der Waals surface area contributed by atoms with Gasteiger partial charge in [-0.3, -0.25) is 14.5 Å². The quantitative estimate of drug-likeness (QED) is 0.839. The number of aliphatic carboxylic acids is 1. The molecule has 2 aliphatic rings. The van der Waals surface area contributed by atoms with Gasteiger partial charge in [0.2, 0.25) is 0 Å². The van der Waals surface area contributed by atoms with E-state index in [1.165, 1.54) is 22.3 Å².